The number of aryl methyl sites for hydroxylation is 1. The molecule has 0 spiro atoms. The quantitative estimate of drug-likeness (QED) is 0.547. The number of nitrogens with two attached hydrogens (primary N) is 2. The molecule has 0 radical (unpaired) electrons. The number of nitrogen functional groups attached to an aromatic ring is 2. The number of rotatable bonds is 2. The lowest BCUT2D eigenvalue weighted by atomic mass is 10.1. The van der Waals surface area contributed by atoms with Crippen molar-refractivity contribution in [3.05, 3.63) is 23.2 Å². The Morgan fingerprint density at radius 3 is 2.85 bits per heavy atom. The molecule has 1 atom stereocenters. The molecule has 1 aromatic carbocycles. The van der Waals surface area contributed by atoms with E-state index in [1.165, 1.54) is 0 Å². The molecule has 3 aromatic heterocycles. The first-order valence-electron chi connectivity index (χ1n) is 8.90. The van der Waals surface area contributed by atoms with Crippen molar-refractivity contribution < 1.29 is 4.74 Å². The third-order valence-electron chi connectivity index (χ3n) is 4.78. The number of anilines is 2. The molecule has 1 fully saturated rings. The lowest BCUT2D eigenvalue weighted by Crippen LogP contribution is -2.19. The van der Waals surface area contributed by atoms with Gasteiger partial charge >= 0.3 is 0 Å². The normalized spacial score (nSPS) is 17.7. The van der Waals surface area contributed by atoms with Crippen LogP contribution in [0.4, 0.5) is 11.8 Å². The second kappa shape index (κ2) is 6.14. The Kier molecular flexibility index (Phi) is 3.73. The van der Waals surface area contributed by atoms with Crippen molar-refractivity contribution in [2.45, 2.75) is 32.4 Å². The average molecular weight is 381 g/mol. The predicted molar refractivity (Wildman–Crippen MR) is 106 cm³/mol. The number of thiazole rings is 1. The summed E-state index contributed by atoms with van der Waals surface area (Å²) in [4.78, 5) is 17.9. The van der Waals surface area contributed by atoms with Crippen molar-refractivity contribution in [2.24, 2.45) is 0 Å². The van der Waals surface area contributed by atoms with Crippen LogP contribution in [0.2, 0.25) is 0 Å². The molecule has 0 amide bonds. The van der Waals surface area contributed by atoms with Gasteiger partial charge in [0.05, 0.1) is 15.2 Å². The third-order valence-corrected chi connectivity index (χ3v) is 5.73. The largest absolute Gasteiger partial charge is 0.382 e. The third kappa shape index (κ3) is 2.70. The predicted octanol–water partition coefficient (Wildman–Crippen LogP) is 3.27. The zero-order valence-corrected chi connectivity index (χ0v) is 15.7. The zero-order valence-electron chi connectivity index (χ0n) is 14.8. The monoisotopic (exact) mass is 381 g/mol. The maximum atomic E-state index is 6.08. The molecular weight excluding hydrogens is 362 g/mol. The standard InChI is InChI=1S/C18H19N7OS/c1-9-21-11-8-10(5-6-12(11)27-9)16-22-14-15(19)23-18(20)24-17(14)25(16)13-4-2-3-7-26-13/h5-6,8,13H,2-4,7H2,1H3,(H4,19,20,23,24). The van der Waals surface area contributed by atoms with Crippen LogP contribution in [0.25, 0.3) is 32.8 Å². The van der Waals surface area contributed by atoms with Crippen LogP contribution in [0.1, 0.15) is 30.5 Å². The molecule has 4 aromatic rings. The van der Waals surface area contributed by atoms with Crippen molar-refractivity contribution in [1.82, 2.24) is 24.5 Å². The molecule has 1 unspecified atom stereocenters. The van der Waals surface area contributed by atoms with Crippen LogP contribution in [0, 0.1) is 6.92 Å². The first-order valence-corrected chi connectivity index (χ1v) is 9.72. The number of hydrogen-bond acceptors (Lipinski definition) is 8. The van der Waals surface area contributed by atoms with Gasteiger partial charge in [0.1, 0.15) is 12.1 Å². The van der Waals surface area contributed by atoms with Gasteiger partial charge in [0.2, 0.25) is 5.95 Å². The van der Waals surface area contributed by atoms with Crippen molar-refractivity contribution in [2.75, 3.05) is 18.1 Å². The fourth-order valence-electron chi connectivity index (χ4n) is 3.60. The number of hydrogen-bond donors (Lipinski definition) is 2. The van der Waals surface area contributed by atoms with E-state index >= 15 is 0 Å². The maximum absolute atomic E-state index is 6.08. The fourth-order valence-corrected chi connectivity index (χ4v) is 4.41. The molecular formula is C18H19N7OS. The molecule has 4 N–H and O–H groups in total. The SMILES string of the molecule is Cc1nc2cc(-c3nc4c(N)nc(N)nc4n3C3CCCCO3)ccc2s1. The van der Waals surface area contributed by atoms with Gasteiger partial charge in [-0.25, -0.2) is 9.97 Å². The Balaban J connectivity index is 1.77. The number of nitrogens with zero attached hydrogens (tertiary/aromatic N) is 5. The second-order valence-corrected chi connectivity index (χ2v) is 7.92. The molecule has 8 nitrogen and oxygen atoms in total. The van der Waals surface area contributed by atoms with Crippen LogP contribution in [-0.4, -0.2) is 31.1 Å². The van der Waals surface area contributed by atoms with Gasteiger partial charge in [-0.15, -0.1) is 11.3 Å². The molecule has 0 bridgehead atoms. The van der Waals surface area contributed by atoms with Crippen molar-refractivity contribution in [3.63, 3.8) is 0 Å². The molecule has 0 saturated carbocycles. The van der Waals surface area contributed by atoms with Gasteiger partial charge in [-0.2, -0.15) is 9.97 Å². The minimum Gasteiger partial charge on any atom is -0.382 e. The van der Waals surface area contributed by atoms with Gasteiger partial charge in [0.25, 0.3) is 0 Å². The Bertz CT molecular complexity index is 1160. The highest BCUT2D eigenvalue weighted by atomic mass is 32.1. The topological polar surface area (TPSA) is 118 Å². The first kappa shape index (κ1) is 16.4. The molecule has 5 rings (SSSR count). The zero-order chi connectivity index (χ0) is 18.5. The van der Waals surface area contributed by atoms with Crippen molar-refractivity contribution in [1.29, 1.82) is 0 Å². The van der Waals surface area contributed by atoms with Crippen molar-refractivity contribution >= 4 is 44.5 Å². The number of ether oxygens (including phenoxy) is 1. The van der Waals surface area contributed by atoms with E-state index in [1.807, 2.05) is 23.6 Å². The van der Waals surface area contributed by atoms with Gasteiger partial charge in [-0.05, 0) is 44.4 Å². The van der Waals surface area contributed by atoms with Gasteiger partial charge in [0.15, 0.2) is 17.0 Å². The van der Waals surface area contributed by atoms with Gasteiger partial charge in [-0.1, -0.05) is 0 Å². The van der Waals surface area contributed by atoms with E-state index in [9.17, 15) is 0 Å². The van der Waals surface area contributed by atoms with E-state index in [1.54, 1.807) is 11.3 Å². The van der Waals surface area contributed by atoms with Crippen molar-refractivity contribution in [3.8, 4) is 11.4 Å². The average Bonchev–Trinajstić information content (AvgIpc) is 3.21. The molecule has 1 aliphatic rings. The van der Waals surface area contributed by atoms with E-state index in [0.29, 0.717) is 17.8 Å². The number of fused-ring (bicyclic) bond motifs is 2. The second-order valence-electron chi connectivity index (χ2n) is 6.68. The number of imidazole rings is 1. The summed E-state index contributed by atoms with van der Waals surface area (Å²) in [7, 11) is 0. The summed E-state index contributed by atoms with van der Waals surface area (Å²) in [5, 5.41) is 1.04. The van der Waals surface area contributed by atoms with Gasteiger partial charge < -0.3 is 16.2 Å². The summed E-state index contributed by atoms with van der Waals surface area (Å²) in [5.74, 6) is 1.16. The summed E-state index contributed by atoms with van der Waals surface area (Å²) in [6.45, 7) is 2.72. The van der Waals surface area contributed by atoms with Crippen LogP contribution in [0.5, 0.6) is 0 Å². The highest BCUT2D eigenvalue weighted by Gasteiger charge is 2.25. The molecule has 138 valence electrons. The maximum Gasteiger partial charge on any atom is 0.224 e. The summed E-state index contributed by atoms with van der Waals surface area (Å²) < 4.78 is 9.18. The Hall–Kier alpha value is -2.78. The lowest BCUT2D eigenvalue weighted by molar-refractivity contribution is -0.0287. The van der Waals surface area contributed by atoms with Crippen LogP contribution in [0.15, 0.2) is 18.2 Å². The van der Waals surface area contributed by atoms with E-state index in [2.05, 4.69) is 21.0 Å². The Labute approximate surface area is 159 Å². The molecule has 27 heavy (non-hydrogen) atoms. The fraction of sp³-hybridized carbons (Fsp3) is 0.333. The van der Waals surface area contributed by atoms with Crippen LogP contribution in [-0.2, 0) is 4.74 Å². The van der Waals surface area contributed by atoms with E-state index < -0.39 is 0 Å². The van der Waals surface area contributed by atoms with Gasteiger partial charge in [0, 0.05) is 12.2 Å². The Morgan fingerprint density at radius 2 is 2.04 bits per heavy atom. The number of aromatic nitrogens is 5. The summed E-state index contributed by atoms with van der Waals surface area (Å²) in [6, 6.07) is 6.17. The number of benzene rings is 1. The van der Waals surface area contributed by atoms with E-state index in [0.717, 1.165) is 45.9 Å². The van der Waals surface area contributed by atoms with Crippen LogP contribution >= 0.6 is 11.3 Å². The highest BCUT2D eigenvalue weighted by Crippen LogP contribution is 2.35. The summed E-state index contributed by atoms with van der Waals surface area (Å²) in [6.07, 6.45) is 2.88. The van der Waals surface area contributed by atoms with E-state index in [-0.39, 0.29) is 18.0 Å². The minimum atomic E-state index is -0.152. The van der Waals surface area contributed by atoms with Gasteiger partial charge in [-0.3, -0.25) is 4.57 Å². The van der Waals surface area contributed by atoms with Crippen LogP contribution in [0.3, 0.4) is 0 Å². The minimum absolute atomic E-state index is 0.133. The summed E-state index contributed by atoms with van der Waals surface area (Å²) in [5.41, 5.74) is 15.0. The Morgan fingerprint density at radius 1 is 1.15 bits per heavy atom. The molecule has 9 heteroatoms. The summed E-state index contributed by atoms with van der Waals surface area (Å²) >= 11 is 1.68. The van der Waals surface area contributed by atoms with Crippen LogP contribution < -0.4 is 11.5 Å². The lowest BCUT2D eigenvalue weighted by Gasteiger charge is -2.25. The smallest absolute Gasteiger partial charge is 0.224 e. The molecule has 4 heterocycles. The molecule has 1 aliphatic heterocycles. The molecule has 1 saturated heterocycles. The first-order chi connectivity index (χ1) is 13.1. The molecule has 0 aliphatic carbocycles. The highest BCUT2D eigenvalue weighted by molar-refractivity contribution is 7.18. The van der Waals surface area contributed by atoms with E-state index in [4.69, 9.17) is 21.2 Å².